The van der Waals surface area contributed by atoms with Gasteiger partial charge >= 0.3 is 7.12 Å². The molecular weight excluding hydrogens is 355 g/mol. The zero-order valence-corrected chi connectivity index (χ0v) is 17.4. The standard InChI is InChI=1S/C26H25BO2/c1-25(2)26(3,4)29-27(28-25)21-16-15-19-13-14-20-11-8-12-22(24(20)23(19)17-21)18-9-6-5-7-10-18/h5-17H,1-4H3. The molecule has 0 N–H and O–H groups in total. The Morgan fingerprint density at radius 3 is 2.03 bits per heavy atom. The largest absolute Gasteiger partial charge is 0.494 e. The molecule has 1 saturated heterocycles. The van der Waals surface area contributed by atoms with Crippen LogP contribution in [-0.4, -0.2) is 18.3 Å². The molecule has 0 aromatic heterocycles. The second-order valence-corrected chi connectivity index (χ2v) is 8.90. The second kappa shape index (κ2) is 6.45. The molecule has 0 radical (unpaired) electrons. The predicted molar refractivity (Wildman–Crippen MR) is 123 cm³/mol. The van der Waals surface area contributed by atoms with Crippen LogP contribution in [0.4, 0.5) is 0 Å². The van der Waals surface area contributed by atoms with Gasteiger partial charge < -0.3 is 9.31 Å². The van der Waals surface area contributed by atoms with Crippen LogP contribution in [-0.2, 0) is 9.31 Å². The zero-order valence-electron chi connectivity index (χ0n) is 17.4. The van der Waals surface area contributed by atoms with Crippen LogP contribution in [0, 0.1) is 0 Å². The number of hydrogen-bond acceptors (Lipinski definition) is 2. The van der Waals surface area contributed by atoms with Crippen LogP contribution < -0.4 is 5.46 Å². The van der Waals surface area contributed by atoms with Crippen LogP contribution in [0.5, 0.6) is 0 Å². The Morgan fingerprint density at radius 2 is 1.31 bits per heavy atom. The summed E-state index contributed by atoms with van der Waals surface area (Å²) in [6.07, 6.45) is 0. The SMILES string of the molecule is CC1(C)OB(c2ccc3ccc4cccc(-c5ccccc5)c4c3c2)OC1(C)C. The third kappa shape index (κ3) is 2.97. The molecule has 0 atom stereocenters. The van der Waals surface area contributed by atoms with Gasteiger partial charge in [0, 0.05) is 0 Å². The second-order valence-electron chi connectivity index (χ2n) is 8.90. The van der Waals surface area contributed by atoms with Crippen molar-refractivity contribution >= 4 is 34.1 Å². The van der Waals surface area contributed by atoms with Crippen molar-refractivity contribution in [3.05, 3.63) is 78.9 Å². The quantitative estimate of drug-likeness (QED) is 0.316. The minimum Gasteiger partial charge on any atom is -0.399 e. The Hall–Kier alpha value is -2.62. The molecule has 3 heteroatoms. The summed E-state index contributed by atoms with van der Waals surface area (Å²) in [4.78, 5) is 0. The first kappa shape index (κ1) is 18.4. The molecular formula is C26H25BO2. The molecule has 5 rings (SSSR count). The van der Waals surface area contributed by atoms with Gasteiger partial charge in [-0.2, -0.15) is 0 Å². The highest BCUT2D eigenvalue weighted by atomic mass is 16.7. The molecule has 1 aliphatic rings. The van der Waals surface area contributed by atoms with Crippen LogP contribution in [0.3, 0.4) is 0 Å². The maximum atomic E-state index is 6.30. The van der Waals surface area contributed by atoms with E-state index in [0.29, 0.717) is 0 Å². The van der Waals surface area contributed by atoms with E-state index >= 15 is 0 Å². The van der Waals surface area contributed by atoms with Gasteiger partial charge in [-0.05, 0) is 65.8 Å². The van der Waals surface area contributed by atoms with E-state index in [9.17, 15) is 0 Å². The summed E-state index contributed by atoms with van der Waals surface area (Å²) in [5.41, 5.74) is 2.85. The van der Waals surface area contributed by atoms with E-state index in [1.807, 2.05) is 0 Å². The third-order valence-corrected chi connectivity index (χ3v) is 6.50. The molecule has 0 unspecified atom stereocenters. The average molecular weight is 380 g/mol. The predicted octanol–water partition coefficient (Wildman–Crippen LogP) is 5.96. The van der Waals surface area contributed by atoms with Crippen molar-refractivity contribution in [1.82, 2.24) is 0 Å². The van der Waals surface area contributed by atoms with E-state index in [1.165, 1.54) is 32.7 Å². The summed E-state index contributed by atoms with van der Waals surface area (Å²) in [7, 11) is -0.358. The Kier molecular flexibility index (Phi) is 4.09. The summed E-state index contributed by atoms with van der Waals surface area (Å²) >= 11 is 0. The minimum atomic E-state index is -0.358. The first-order valence-corrected chi connectivity index (χ1v) is 10.2. The first-order valence-electron chi connectivity index (χ1n) is 10.2. The van der Waals surface area contributed by atoms with E-state index in [4.69, 9.17) is 9.31 Å². The van der Waals surface area contributed by atoms with Crippen molar-refractivity contribution in [1.29, 1.82) is 0 Å². The highest BCUT2D eigenvalue weighted by Crippen LogP contribution is 2.38. The van der Waals surface area contributed by atoms with Crippen molar-refractivity contribution in [2.75, 3.05) is 0 Å². The molecule has 0 amide bonds. The molecule has 0 aliphatic carbocycles. The molecule has 1 heterocycles. The van der Waals surface area contributed by atoms with Gasteiger partial charge in [-0.15, -0.1) is 0 Å². The van der Waals surface area contributed by atoms with Gasteiger partial charge in [0.1, 0.15) is 0 Å². The van der Waals surface area contributed by atoms with E-state index in [0.717, 1.165) is 5.46 Å². The van der Waals surface area contributed by atoms with Crippen LogP contribution in [0.15, 0.2) is 78.9 Å². The lowest BCUT2D eigenvalue weighted by Crippen LogP contribution is -2.41. The van der Waals surface area contributed by atoms with E-state index in [1.54, 1.807) is 0 Å². The normalized spacial score (nSPS) is 17.9. The lowest BCUT2D eigenvalue weighted by Gasteiger charge is -2.32. The fourth-order valence-corrected chi connectivity index (χ4v) is 4.11. The van der Waals surface area contributed by atoms with Crippen LogP contribution >= 0.6 is 0 Å². The third-order valence-electron chi connectivity index (χ3n) is 6.50. The van der Waals surface area contributed by atoms with Gasteiger partial charge in [0.15, 0.2) is 0 Å². The maximum Gasteiger partial charge on any atom is 0.494 e. The van der Waals surface area contributed by atoms with Crippen molar-refractivity contribution in [3.63, 3.8) is 0 Å². The van der Waals surface area contributed by atoms with Gasteiger partial charge in [-0.3, -0.25) is 0 Å². The molecule has 144 valence electrons. The van der Waals surface area contributed by atoms with Gasteiger partial charge in [0.25, 0.3) is 0 Å². The summed E-state index contributed by atoms with van der Waals surface area (Å²) in [6, 6.07) is 28.1. The molecule has 4 aromatic carbocycles. The van der Waals surface area contributed by atoms with E-state index < -0.39 is 0 Å². The summed E-state index contributed by atoms with van der Waals surface area (Å²) in [5.74, 6) is 0. The molecule has 4 aromatic rings. The highest BCUT2D eigenvalue weighted by Gasteiger charge is 2.51. The van der Waals surface area contributed by atoms with Crippen LogP contribution in [0.25, 0.3) is 32.7 Å². The number of fused-ring (bicyclic) bond motifs is 3. The Bertz CT molecular complexity index is 1200. The van der Waals surface area contributed by atoms with E-state index in [-0.39, 0.29) is 18.3 Å². The van der Waals surface area contributed by atoms with Gasteiger partial charge in [-0.25, -0.2) is 0 Å². The molecule has 29 heavy (non-hydrogen) atoms. The van der Waals surface area contributed by atoms with Crippen molar-refractivity contribution in [3.8, 4) is 11.1 Å². The van der Waals surface area contributed by atoms with Crippen molar-refractivity contribution in [2.24, 2.45) is 0 Å². The topological polar surface area (TPSA) is 18.5 Å². The highest BCUT2D eigenvalue weighted by molar-refractivity contribution is 6.62. The van der Waals surface area contributed by atoms with Crippen LogP contribution in [0.1, 0.15) is 27.7 Å². The smallest absolute Gasteiger partial charge is 0.399 e. The molecule has 1 fully saturated rings. The van der Waals surface area contributed by atoms with Crippen molar-refractivity contribution in [2.45, 2.75) is 38.9 Å². The number of rotatable bonds is 2. The number of benzene rings is 4. The van der Waals surface area contributed by atoms with Crippen molar-refractivity contribution < 1.29 is 9.31 Å². The summed E-state index contributed by atoms with van der Waals surface area (Å²) in [6.45, 7) is 8.38. The summed E-state index contributed by atoms with van der Waals surface area (Å²) in [5, 5.41) is 4.97. The zero-order chi connectivity index (χ0) is 20.2. The molecule has 0 saturated carbocycles. The average Bonchev–Trinajstić information content (AvgIpc) is 2.94. The number of hydrogen-bond donors (Lipinski definition) is 0. The first-order chi connectivity index (χ1) is 13.9. The molecule has 0 spiro atoms. The Labute approximate surface area is 172 Å². The fraction of sp³-hybridized carbons (Fsp3) is 0.231. The Balaban J connectivity index is 1.72. The monoisotopic (exact) mass is 380 g/mol. The van der Waals surface area contributed by atoms with E-state index in [2.05, 4.69) is 107 Å². The molecule has 2 nitrogen and oxygen atoms in total. The lowest BCUT2D eigenvalue weighted by molar-refractivity contribution is 0.00578. The Morgan fingerprint density at radius 1 is 0.655 bits per heavy atom. The van der Waals surface area contributed by atoms with Crippen LogP contribution in [0.2, 0.25) is 0 Å². The fourth-order valence-electron chi connectivity index (χ4n) is 4.11. The molecule has 0 bridgehead atoms. The van der Waals surface area contributed by atoms with Gasteiger partial charge in [0.2, 0.25) is 0 Å². The molecule has 1 aliphatic heterocycles. The minimum absolute atomic E-state index is 0.347. The maximum absolute atomic E-state index is 6.30. The van der Waals surface area contributed by atoms with Gasteiger partial charge in [-0.1, -0.05) is 78.9 Å². The summed E-state index contributed by atoms with van der Waals surface area (Å²) < 4.78 is 12.6. The van der Waals surface area contributed by atoms with Gasteiger partial charge in [0.05, 0.1) is 11.2 Å². The lowest BCUT2D eigenvalue weighted by atomic mass is 9.77.